The Morgan fingerprint density at radius 2 is 1.97 bits per heavy atom. The predicted octanol–water partition coefficient (Wildman–Crippen LogP) is 4.23. The van der Waals surface area contributed by atoms with Gasteiger partial charge in [-0.1, -0.05) is 30.0 Å². The van der Waals surface area contributed by atoms with Gasteiger partial charge in [0.2, 0.25) is 5.91 Å². The maximum absolute atomic E-state index is 12.3. The summed E-state index contributed by atoms with van der Waals surface area (Å²) in [6.07, 6.45) is 0. The first-order chi connectivity index (χ1) is 14.5. The van der Waals surface area contributed by atoms with Gasteiger partial charge in [0, 0.05) is 18.3 Å². The Morgan fingerprint density at radius 1 is 1.17 bits per heavy atom. The normalized spacial score (nSPS) is 10.7. The fourth-order valence-electron chi connectivity index (χ4n) is 2.90. The van der Waals surface area contributed by atoms with Crippen LogP contribution in [-0.4, -0.2) is 33.5 Å². The molecule has 8 heteroatoms. The molecule has 0 radical (unpaired) electrons. The number of aryl methyl sites for hydroxylation is 1. The van der Waals surface area contributed by atoms with E-state index in [1.54, 1.807) is 13.2 Å². The van der Waals surface area contributed by atoms with E-state index >= 15 is 0 Å². The van der Waals surface area contributed by atoms with Gasteiger partial charge in [0.1, 0.15) is 18.1 Å². The Labute approximate surface area is 180 Å². The fourth-order valence-corrected chi connectivity index (χ4v) is 3.72. The Balaban J connectivity index is 1.59. The number of hydrogen-bond donors (Lipinski definition) is 1. The lowest BCUT2D eigenvalue weighted by Gasteiger charge is -2.12. The van der Waals surface area contributed by atoms with Crippen LogP contribution in [0.15, 0.2) is 47.6 Å². The van der Waals surface area contributed by atoms with Crippen molar-refractivity contribution >= 4 is 23.4 Å². The van der Waals surface area contributed by atoms with Gasteiger partial charge in [0.05, 0.1) is 12.9 Å². The summed E-state index contributed by atoms with van der Waals surface area (Å²) >= 11 is 1.35. The summed E-state index contributed by atoms with van der Waals surface area (Å²) in [6, 6.07) is 13.2. The van der Waals surface area contributed by atoms with Crippen molar-refractivity contribution in [2.24, 2.45) is 0 Å². The minimum atomic E-state index is -0.118. The molecule has 1 amide bonds. The first-order valence-corrected chi connectivity index (χ1v) is 10.7. The molecule has 1 N–H and O–H groups in total. The van der Waals surface area contributed by atoms with Gasteiger partial charge >= 0.3 is 0 Å². The lowest BCUT2D eigenvalue weighted by molar-refractivity contribution is -0.113. The third-order valence-electron chi connectivity index (χ3n) is 4.71. The number of nitrogens with one attached hydrogen (secondary N) is 1. The molecule has 30 heavy (non-hydrogen) atoms. The molecule has 0 aliphatic rings. The molecular weight excluding hydrogens is 400 g/mol. The van der Waals surface area contributed by atoms with Crippen LogP contribution in [0.1, 0.15) is 23.9 Å². The van der Waals surface area contributed by atoms with Crippen LogP contribution < -0.4 is 14.8 Å². The van der Waals surface area contributed by atoms with Crippen LogP contribution in [0.4, 0.5) is 5.69 Å². The van der Waals surface area contributed by atoms with E-state index in [0.29, 0.717) is 29.7 Å². The first kappa shape index (κ1) is 21.7. The van der Waals surface area contributed by atoms with Crippen molar-refractivity contribution in [1.29, 1.82) is 0 Å². The molecule has 1 heterocycles. The van der Waals surface area contributed by atoms with Crippen LogP contribution in [0.25, 0.3) is 0 Å². The molecule has 2 aromatic carbocycles. The number of ether oxygens (including phenoxy) is 2. The van der Waals surface area contributed by atoms with Gasteiger partial charge in [0.25, 0.3) is 0 Å². The Kier molecular flexibility index (Phi) is 7.35. The zero-order valence-electron chi connectivity index (χ0n) is 17.6. The molecule has 0 fully saturated rings. The van der Waals surface area contributed by atoms with Crippen molar-refractivity contribution < 1.29 is 14.3 Å². The van der Waals surface area contributed by atoms with Gasteiger partial charge in [-0.15, -0.1) is 10.2 Å². The van der Waals surface area contributed by atoms with E-state index in [2.05, 4.69) is 28.5 Å². The van der Waals surface area contributed by atoms with Gasteiger partial charge in [-0.25, -0.2) is 0 Å². The first-order valence-electron chi connectivity index (χ1n) is 9.69. The number of aromatic nitrogens is 3. The smallest absolute Gasteiger partial charge is 0.234 e. The van der Waals surface area contributed by atoms with E-state index in [0.717, 1.165) is 17.1 Å². The number of methoxy groups -OCH3 is 1. The molecular formula is C22H26N4O3S. The van der Waals surface area contributed by atoms with Crippen LogP contribution in [0.2, 0.25) is 0 Å². The third kappa shape index (κ3) is 5.33. The van der Waals surface area contributed by atoms with E-state index in [1.165, 1.54) is 17.3 Å². The van der Waals surface area contributed by atoms with E-state index in [-0.39, 0.29) is 11.7 Å². The minimum absolute atomic E-state index is 0.118. The maximum atomic E-state index is 12.3. The maximum Gasteiger partial charge on any atom is 0.234 e. The lowest BCUT2D eigenvalue weighted by atomic mass is 10.1. The number of anilines is 1. The molecule has 3 rings (SSSR count). The van der Waals surface area contributed by atoms with Crippen molar-refractivity contribution in [1.82, 2.24) is 14.8 Å². The van der Waals surface area contributed by atoms with Crippen molar-refractivity contribution in [3.63, 3.8) is 0 Å². The van der Waals surface area contributed by atoms with Crippen LogP contribution in [0.3, 0.4) is 0 Å². The molecule has 1 aromatic heterocycles. The lowest BCUT2D eigenvalue weighted by Crippen LogP contribution is -2.15. The number of hydrogen-bond acceptors (Lipinski definition) is 6. The van der Waals surface area contributed by atoms with E-state index in [9.17, 15) is 4.79 Å². The minimum Gasteiger partial charge on any atom is -0.497 e. The molecule has 158 valence electrons. The summed E-state index contributed by atoms with van der Waals surface area (Å²) in [7, 11) is 1.59. The van der Waals surface area contributed by atoms with E-state index in [1.807, 2.05) is 48.7 Å². The van der Waals surface area contributed by atoms with E-state index < -0.39 is 0 Å². The summed E-state index contributed by atoms with van der Waals surface area (Å²) in [5.74, 6) is 2.38. The number of amides is 1. The second-order valence-electron chi connectivity index (χ2n) is 6.70. The Morgan fingerprint density at radius 3 is 2.73 bits per heavy atom. The zero-order valence-corrected chi connectivity index (χ0v) is 18.5. The van der Waals surface area contributed by atoms with Crippen LogP contribution in [-0.2, 0) is 17.9 Å². The Hall–Kier alpha value is -3.00. The van der Waals surface area contributed by atoms with Gasteiger partial charge in [-0.2, -0.15) is 0 Å². The van der Waals surface area contributed by atoms with Crippen LogP contribution in [0.5, 0.6) is 11.5 Å². The topological polar surface area (TPSA) is 78.3 Å². The molecule has 0 bridgehead atoms. The number of rotatable bonds is 9. The molecule has 3 aromatic rings. The standard InChI is InChI=1S/C22H26N4O3S/c1-5-26-20(13-29-19-11-6-8-15(2)16(19)3)24-25-22(26)30-14-21(27)23-17-9-7-10-18(12-17)28-4/h6-12H,5,13-14H2,1-4H3,(H,23,27). The van der Waals surface area contributed by atoms with Gasteiger partial charge in [0.15, 0.2) is 11.0 Å². The number of carbonyl (C=O) groups excluding carboxylic acids is 1. The molecule has 0 spiro atoms. The van der Waals surface area contributed by atoms with Gasteiger partial charge < -0.3 is 19.4 Å². The zero-order chi connectivity index (χ0) is 21.5. The highest BCUT2D eigenvalue weighted by molar-refractivity contribution is 7.99. The van der Waals surface area contributed by atoms with Gasteiger partial charge in [-0.3, -0.25) is 4.79 Å². The summed E-state index contributed by atoms with van der Waals surface area (Å²) in [6.45, 7) is 7.13. The van der Waals surface area contributed by atoms with Crippen molar-refractivity contribution in [2.45, 2.75) is 39.1 Å². The third-order valence-corrected chi connectivity index (χ3v) is 5.67. The summed E-state index contributed by atoms with van der Waals surface area (Å²) in [5.41, 5.74) is 2.99. The van der Waals surface area contributed by atoms with Crippen LogP contribution in [0, 0.1) is 13.8 Å². The fraction of sp³-hybridized carbons (Fsp3) is 0.318. The Bertz CT molecular complexity index is 1020. The van der Waals surface area contributed by atoms with Crippen molar-refractivity contribution in [2.75, 3.05) is 18.2 Å². The molecule has 0 atom stereocenters. The molecule has 0 aliphatic carbocycles. The second kappa shape index (κ2) is 10.2. The largest absolute Gasteiger partial charge is 0.497 e. The molecule has 0 unspecified atom stereocenters. The second-order valence-corrected chi connectivity index (χ2v) is 7.64. The summed E-state index contributed by atoms with van der Waals surface area (Å²) in [4.78, 5) is 12.3. The summed E-state index contributed by atoms with van der Waals surface area (Å²) in [5, 5.41) is 12.1. The highest BCUT2D eigenvalue weighted by Crippen LogP contribution is 2.23. The molecule has 0 saturated heterocycles. The predicted molar refractivity (Wildman–Crippen MR) is 118 cm³/mol. The van der Waals surface area contributed by atoms with Crippen molar-refractivity contribution in [3.8, 4) is 11.5 Å². The number of benzene rings is 2. The number of carbonyl (C=O) groups is 1. The van der Waals surface area contributed by atoms with E-state index in [4.69, 9.17) is 9.47 Å². The highest BCUT2D eigenvalue weighted by atomic mass is 32.2. The molecule has 0 aliphatic heterocycles. The average molecular weight is 427 g/mol. The average Bonchev–Trinajstić information content (AvgIpc) is 3.15. The number of thioether (sulfide) groups is 1. The monoisotopic (exact) mass is 426 g/mol. The highest BCUT2D eigenvalue weighted by Gasteiger charge is 2.14. The summed E-state index contributed by atoms with van der Waals surface area (Å²) < 4.78 is 13.1. The molecule has 7 nitrogen and oxygen atoms in total. The van der Waals surface area contributed by atoms with Gasteiger partial charge in [-0.05, 0) is 50.1 Å². The van der Waals surface area contributed by atoms with Crippen LogP contribution >= 0.6 is 11.8 Å². The number of nitrogens with zero attached hydrogens (tertiary/aromatic N) is 3. The SMILES string of the molecule is CCn1c(COc2cccc(C)c2C)nnc1SCC(=O)Nc1cccc(OC)c1. The van der Waals surface area contributed by atoms with Crippen molar-refractivity contribution in [3.05, 3.63) is 59.4 Å². The molecule has 0 saturated carbocycles. The quantitative estimate of drug-likeness (QED) is 0.516.